The van der Waals surface area contributed by atoms with Crippen LogP contribution in [-0.4, -0.2) is 61.1 Å². The maximum Gasteiger partial charge on any atom is 0.255 e. The molecule has 2 atom stereocenters. The summed E-state index contributed by atoms with van der Waals surface area (Å²) in [5.74, 6) is 0.126. The molecule has 1 aliphatic rings. The highest BCUT2D eigenvalue weighted by Gasteiger charge is 2.28. The quantitative estimate of drug-likeness (QED) is 0.393. The minimum atomic E-state index is -0.550. The van der Waals surface area contributed by atoms with Gasteiger partial charge in [-0.05, 0) is 32.0 Å². The highest BCUT2D eigenvalue weighted by molar-refractivity contribution is 6.33. The lowest BCUT2D eigenvalue weighted by Gasteiger charge is -2.36. The standard InChI is InChI=1S/C24H30ClN3O4/c1-32-23-13-20(26)19(25)12-18(23)24(31)27-14-17-9-11-28(15-22(17)30)10-5-8-21(29)16-6-3-2-4-7-16/h2-4,6-7,12-13,17,22,30H,5,8-11,14-15,26H2,1H3,(H,27,31)/t17-,22-/m0/s1. The molecule has 1 fully saturated rings. The Labute approximate surface area is 193 Å². The number of methoxy groups -OCH3 is 1. The number of amides is 1. The van der Waals surface area contributed by atoms with Gasteiger partial charge in [0.15, 0.2) is 5.78 Å². The van der Waals surface area contributed by atoms with Crippen molar-refractivity contribution in [3.63, 3.8) is 0 Å². The number of nitrogens with one attached hydrogen (secondary N) is 1. The van der Waals surface area contributed by atoms with E-state index in [4.69, 9.17) is 22.1 Å². The average Bonchev–Trinajstić information content (AvgIpc) is 2.80. The summed E-state index contributed by atoms with van der Waals surface area (Å²) >= 11 is 6.04. The summed E-state index contributed by atoms with van der Waals surface area (Å²) in [5, 5.41) is 13.7. The molecule has 0 radical (unpaired) electrons. The number of nitrogens with zero attached hydrogens (tertiary/aromatic N) is 1. The van der Waals surface area contributed by atoms with E-state index in [1.54, 1.807) is 0 Å². The van der Waals surface area contributed by atoms with Crippen molar-refractivity contribution in [3.05, 3.63) is 58.6 Å². The molecule has 0 bridgehead atoms. The molecule has 0 aliphatic carbocycles. The molecule has 2 aromatic rings. The van der Waals surface area contributed by atoms with Crippen LogP contribution in [0.3, 0.4) is 0 Å². The number of ether oxygens (including phenoxy) is 1. The molecular formula is C24H30ClN3O4. The number of carbonyl (C=O) groups excluding carboxylic acids is 2. The van der Waals surface area contributed by atoms with Crippen LogP contribution in [0.1, 0.15) is 40.0 Å². The Kier molecular flexibility index (Phi) is 8.50. The van der Waals surface area contributed by atoms with Crippen molar-refractivity contribution in [2.24, 2.45) is 5.92 Å². The Morgan fingerprint density at radius 2 is 2.03 bits per heavy atom. The zero-order valence-corrected chi connectivity index (χ0v) is 19.0. The van der Waals surface area contributed by atoms with Gasteiger partial charge in [0.25, 0.3) is 5.91 Å². The number of benzene rings is 2. The van der Waals surface area contributed by atoms with E-state index >= 15 is 0 Å². The smallest absolute Gasteiger partial charge is 0.255 e. The number of aliphatic hydroxyl groups excluding tert-OH is 1. The van der Waals surface area contributed by atoms with E-state index in [-0.39, 0.29) is 22.6 Å². The van der Waals surface area contributed by atoms with Crippen LogP contribution in [0.25, 0.3) is 0 Å². The number of nitrogens with two attached hydrogens (primary N) is 1. The number of anilines is 1. The number of hydrogen-bond acceptors (Lipinski definition) is 6. The van der Waals surface area contributed by atoms with Gasteiger partial charge in [-0.1, -0.05) is 41.9 Å². The van der Waals surface area contributed by atoms with Crippen LogP contribution in [0, 0.1) is 5.92 Å². The average molecular weight is 460 g/mol. The highest BCUT2D eigenvalue weighted by atomic mass is 35.5. The molecule has 3 rings (SSSR count). The van der Waals surface area contributed by atoms with Crippen molar-refractivity contribution in [2.45, 2.75) is 25.4 Å². The summed E-state index contributed by atoms with van der Waals surface area (Å²) in [6, 6.07) is 12.3. The van der Waals surface area contributed by atoms with Crippen LogP contribution in [-0.2, 0) is 0 Å². The molecule has 1 saturated heterocycles. The minimum Gasteiger partial charge on any atom is -0.496 e. The summed E-state index contributed by atoms with van der Waals surface area (Å²) in [6.07, 6.45) is 1.45. The van der Waals surface area contributed by atoms with Gasteiger partial charge in [0.05, 0.1) is 29.5 Å². The summed E-state index contributed by atoms with van der Waals surface area (Å²) in [5.41, 5.74) is 7.15. The number of nitrogen functional groups attached to an aromatic ring is 1. The third-order valence-electron chi connectivity index (χ3n) is 5.87. The van der Waals surface area contributed by atoms with E-state index < -0.39 is 6.10 Å². The number of rotatable bonds is 9. The molecule has 0 saturated carbocycles. The Balaban J connectivity index is 1.43. The third-order valence-corrected chi connectivity index (χ3v) is 6.20. The van der Waals surface area contributed by atoms with Crippen LogP contribution in [0.2, 0.25) is 5.02 Å². The number of β-amino-alcohol motifs (C(OH)–C–C–N with tert-alkyl or cyclic N) is 1. The second-order valence-electron chi connectivity index (χ2n) is 8.09. The summed E-state index contributed by atoms with van der Waals surface area (Å²) in [6.45, 7) is 2.45. The second kappa shape index (κ2) is 11.3. The predicted molar refractivity (Wildman–Crippen MR) is 125 cm³/mol. The molecule has 4 N–H and O–H groups in total. The van der Waals surface area contributed by atoms with Crippen molar-refractivity contribution in [3.8, 4) is 5.75 Å². The van der Waals surface area contributed by atoms with Crippen LogP contribution >= 0.6 is 11.6 Å². The first-order valence-corrected chi connectivity index (χ1v) is 11.2. The van der Waals surface area contributed by atoms with E-state index in [0.29, 0.717) is 36.5 Å². The molecule has 2 aromatic carbocycles. The van der Waals surface area contributed by atoms with Crippen LogP contribution in [0.4, 0.5) is 5.69 Å². The van der Waals surface area contributed by atoms with Gasteiger partial charge in [0.1, 0.15) is 5.75 Å². The van der Waals surface area contributed by atoms with E-state index in [9.17, 15) is 14.7 Å². The number of Topliss-reactive ketones (excluding diaryl/α,β-unsaturated/α-hetero) is 1. The Morgan fingerprint density at radius 3 is 2.72 bits per heavy atom. The number of carbonyl (C=O) groups is 2. The second-order valence-corrected chi connectivity index (χ2v) is 8.50. The molecule has 0 unspecified atom stereocenters. The Hall–Kier alpha value is -2.61. The molecule has 32 heavy (non-hydrogen) atoms. The molecule has 1 heterocycles. The van der Waals surface area contributed by atoms with Crippen molar-refractivity contribution < 1.29 is 19.4 Å². The highest BCUT2D eigenvalue weighted by Crippen LogP contribution is 2.29. The van der Waals surface area contributed by atoms with Crippen molar-refractivity contribution in [1.82, 2.24) is 10.2 Å². The Morgan fingerprint density at radius 1 is 1.28 bits per heavy atom. The maximum atomic E-state index is 12.6. The fraction of sp³-hybridized carbons (Fsp3) is 0.417. The van der Waals surface area contributed by atoms with Crippen LogP contribution < -0.4 is 15.8 Å². The predicted octanol–water partition coefficient (Wildman–Crippen LogP) is 3.01. The number of likely N-dealkylation sites (tertiary alicyclic amines) is 1. The molecule has 0 aromatic heterocycles. The first kappa shape index (κ1) is 24.0. The van der Waals surface area contributed by atoms with E-state index in [1.165, 1.54) is 19.2 Å². The van der Waals surface area contributed by atoms with Gasteiger partial charge in [-0.2, -0.15) is 0 Å². The van der Waals surface area contributed by atoms with Crippen LogP contribution in [0.15, 0.2) is 42.5 Å². The Bertz CT molecular complexity index is 938. The number of hydrogen-bond donors (Lipinski definition) is 3. The third kappa shape index (κ3) is 6.22. The topological polar surface area (TPSA) is 105 Å². The van der Waals surface area contributed by atoms with Crippen molar-refractivity contribution in [1.29, 1.82) is 0 Å². The number of ketones is 1. The molecular weight excluding hydrogens is 430 g/mol. The summed E-state index contributed by atoms with van der Waals surface area (Å²) in [4.78, 5) is 27.0. The zero-order valence-electron chi connectivity index (χ0n) is 18.2. The lowest BCUT2D eigenvalue weighted by Crippen LogP contribution is -2.47. The number of piperidine rings is 1. The molecule has 172 valence electrons. The van der Waals surface area contributed by atoms with E-state index in [2.05, 4.69) is 10.2 Å². The SMILES string of the molecule is COc1cc(N)c(Cl)cc1C(=O)NC[C@@H]1CCN(CCCC(=O)c2ccccc2)C[C@@H]1O. The van der Waals surface area contributed by atoms with Gasteiger partial charge in [0.2, 0.25) is 0 Å². The zero-order chi connectivity index (χ0) is 23.1. The van der Waals surface area contributed by atoms with Gasteiger partial charge in [-0.15, -0.1) is 0 Å². The first-order chi connectivity index (χ1) is 15.4. The summed E-state index contributed by atoms with van der Waals surface area (Å²) < 4.78 is 5.23. The molecule has 1 amide bonds. The molecule has 0 spiro atoms. The summed E-state index contributed by atoms with van der Waals surface area (Å²) in [7, 11) is 1.46. The van der Waals surface area contributed by atoms with E-state index in [0.717, 1.165) is 31.5 Å². The maximum absolute atomic E-state index is 12.6. The van der Waals surface area contributed by atoms with Gasteiger partial charge in [-0.3, -0.25) is 9.59 Å². The van der Waals surface area contributed by atoms with Crippen molar-refractivity contribution in [2.75, 3.05) is 39.0 Å². The number of aliphatic hydroxyl groups is 1. The first-order valence-electron chi connectivity index (χ1n) is 10.8. The minimum absolute atomic E-state index is 0.0450. The van der Waals surface area contributed by atoms with Gasteiger partial charge < -0.3 is 25.8 Å². The molecule has 1 aliphatic heterocycles. The number of halogens is 1. The lowest BCUT2D eigenvalue weighted by atomic mass is 9.93. The van der Waals surface area contributed by atoms with E-state index in [1.807, 2.05) is 30.3 Å². The molecule has 7 nitrogen and oxygen atoms in total. The van der Waals surface area contributed by atoms with Gasteiger partial charge >= 0.3 is 0 Å². The molecule has 8 heteroatoms. The normalized spacial score (nSPS) is 18.8. The fourth-order valence-corrected chi connectivity index (χ4v) is 4.12. The lowest BCUT2D eigenvalue weighted by molar-refractivity contribution is 0.0217. The van der Waals surface area contributed by atoms with Gasteiger partial charge in [0, 0.05) is 37.1 Å². The monoisotopic (exact) mass is 459 g/mol. The van der Waals surface area contributed by atoms with Crippen molar-refractivity contribution >= 4 is 29.0 Å². The largest absolute Gasteiger partial charge is 0.496 e. The fourth-order valence-electron chi connectivity index (χ4n) is 3.95. The van der Waals surface area contributed by atoms with Gasteiger partial charge in [-0.25, -0.2) is 0 Å². The van der Waals surface area contributed by atoms with Crippen LogP contribution in [0.5, 0.6) is 5.75 Å².